The highest BCUT2D eigenvalue weighted by molar-refractivity contribution is 7.12. The largest absolute Gasteiger partial charge is 0.314 e. The molecule has 2 rings (SSSR count). The van der Waals surface area contributed by atoms with Crippen LogP contribution in [0.3, 0.4) is 0 Å². The van der Waals surface area contributed by atoms with Crippen molar-refractivity contribution in [2.45, 2.75) is 58.0 Å². The van der Waals surface area contributed by atoms with Crippen LogP contribution in [-0.2, 0) is 12.0 Å². The lowest BCUT2D eigenvalue weighted by molar-refractivity contribution is 0.147. The molecule has 2 nitrogen and oxygen atoms in total. The van der Waals surface area contributed by atoms with Crippen LogP contribution < -0.4 is 5.32 Å². The Morgan fingerprint density at radius 1 is 1.26 bits per heavy atom. The molecule has 19 heavy (non-hydrogen) atoms. The van der Waals surface area contributed by atoms with Gasteiger partial charge < -0.3 is 5.32 Å². The number of thiophene rings is 1. The highest BCUT2D eigenvalue weighted by Crippen LogP contribution is 2.31. The topological polar surface area (TPSA) is 15.3 Å². The average molecular weight is 280 g/mol. The standard InChI is InChI=1S/C16H28N2S/c1-15(2,3)14-7-6-13(19-14)12-18-10-8-16(4,17-5)9-11-18/h6-7,17H,8-12H2,1-5H3. The minimum atomic E-state index is 0.287. The molecular formula is C16H28N2S. The average Bonchev–Trinajstić information content (AvgIpc) is 2.81. The quantitative estimate of drug-likeness (QED) is 0.910. The first-order valence-electron chi connectivity index (χ1n) is 7.33. The van der Waals surface area contributed by atoms with Crippen LogP contribution in [0.1, 0.15) is 50.3 Å². The van der Waals surface area contributed by atoms with E-state index >= 15 is 0 Å². The van der Waals surface area contributed by atoms with Crippen molar-refractivity contribution in [1.29, 1.82) is 0 Å². The molecule has 1 aromatic heterocycles. The first-order valence-corrected chi connectivity index (χ1v) is 8.14. The summed E-state index contributed by atoms with van der Waals surface area (Å²) in [5.74, 6) is 0. The maximum atomic E-state index is 3.46. The lowest BCUT2D eigenvalue weighted by atomic mass is 9.90. The smallest absolute Gasteiger partial charge is 0.0328 e. The monoisotopic (exact) mass is 280 g/mol. The van der Waals surface area contributed by atoms with Crippen LogP contribution >= 0.6 is 11.3 Å². The van der Waals surface area contributed by atoms with E-state index < -0.39 is 0 Å². The normalized spacial score (nSPS) is 20.7. The second-order valence-electron chi connectivity index (χ2n) is 7.10. The van der Waals surface area contributed by atoms with Crippen LogP contribution in [0.25, 0.3) is 0 Å². The molecule has 0 bridgehead atoms. The van der Waals surface area contributed by atoms with Crippen LogP contribution in [0.15, 0.2) is 12.1 Å². The van der Waals surface area contributed by atoms with Gasteiger partial charge in [-0.2, -0.15) is 0 Å². The van der Waals surface area contributed by atoms with Crippen molar-refractivity contribution in [3.63, 3.8) is 0 Å². The van der Waals surface area contributed by atoms with Gasteiger partial charge in [-0.1, -0.05) is 20.8 Å². The molecule has 0 unspecified atom stereocenters. The summed E-state index contributed by atoms with van der Waals surface area (Å²) in [5, 5.41) is 3.46. The van der Waals surface area contributed by atoms with E-state index in [1.165, 1.54) is 35.7 Å². The Balaban J connectivity index is 1.91. The number of rotatable bonds is 3. The first kappa shape index (κ1) is 15.0. The molecule has 2 heterocycles. The van der Waals surface area contributed by atoms with Gasteiger partial charge in [-0.15, -0.1) is 11.3 Å². The minimum Gasteiger partial charge on any atom is -0.314 e. The molecule has 0 radical (unpaired) electrons. The summed E-state index contributed by atoms with van der Waals surface area (Å²) >= 11 is 1.98. The Bertz CT molecular complexity index is 409. The summed E-state index contributed by atoms with van der Waals surface area (Å²) in [6.45, 7) is 12.8. The predicted octanol–water partition coefficient (Wildman–Crippen LogP) is 3.62. The molecule has 108 valence electrons. The van der Waals surface area contributed by atoms with E-state index in [0.29, 0.717) is 5.54 Å². The second kappa shape index (κ2) is 5.55. The second-order valence-corrected chi connectivity index (χ2v) is 8.27. The fourth-order valence-corrected chi connectivity index (χ4v) is 3.65. The summed E-state index contributed by atoms with van der Waals surface area (Å²) in [5.41, 5.74) is 0.637. The number of nitrogens with one attached hydrogen (secondary N) is 1. The summed E-state index contributed by atoms with van der Waals surface area (Å²) < 4.78 is 0. The lowest BCUT2D eigenvalue weighted by Crippen LogP contribution is -2.49. The summed E-state index contributed by atoms with van der Waals surface area (Å²) in [7, 11) is 2.09. The zero-order valence-corrected chi connectivity index (χ0v) is 13.9. The number of piperidine rings is 1. The van der Waals surface area contributed by atoms with Crippen LogP contribution in [0.5, 0.6) is 0 Å². The molecule has 1 aliphatic heterocycles. The third kappa shape index (κ3) is 3.80. The van der Waals surface area contributed by atoms with Crippen molar-refractivity contribution in [2.24, 2.45) is 0 Å². The van der Waals surface area contributed by atoms with Crippen molar-refractivity contribution in [2.75, 3.05) is 20.1 Å². The van der Waals surface area contributed by atoms with Crippen LogP contribution in [0.4, 0.5) is 0 Å². The van der Waals surface area contributed by atoms with E-state index in [1.807, 2.05) is 11.3 Å². The van der Waals surface area contributed by atoms with E-state index in [-0.39, 0.29) is 5.41 Å². The third-order valence-electron chi connectivity index (χ3n) is 4.34. The van der Waals surface area contributed by atoms with Crippen molar-refractivity contribution in [3.8, 4) is 0 Å². The number of likely N-dealkylation sites (tertiary alicyclic amines) is 1. The fourth-order valence-electron chi connectivity index (χ4n) is 2.54. The maximum Gasteiger partial charge on any atom is 0.0328 e. The Hall–Kier alpha value is -0.380. The molecule has 0 atom stereocenters. The van der Waals surface area contributed by atoms with Gasteiger partial charge in [-0.25, -0.2) is 0 Å². The van der Waals surface area contributed by atoms with Gasteiger partial charge in [0.05, 0.1) is 0 Å². The number of nitrogens with zero attached hydrogens (tertiary/aromatic N) is 1. The zero-order chi connectivity index (χ0) is 14.1. The molecule has 1 aliphatic rings. The molecule has 3 heteroatoms. The van der Waals surface area contributed by atoms with E-state index in [0.717, 1.165) is 6.54 Å². The Labute approximate surface area is 122 Å². The molecule has 1 aromatic rings. The summed E-state index contributed by atoms with van der Waals surface area (Å²) in [6.07, 6.45) is 2.50. The highest BCUT2D eigenvalue weighted by Gasteiger charge is 2.28. The molecule has 0 aromatic carbocycles. The highest BCUT2D eigenvalue weighted by atomic mass is 32.1. The SMILES string of the molecule is CNC1(C)CCN(Cc2ccc(C(C)(C)C)s2)CC1. The lowest BCUT2D eigenvalue weighted by Gasteiger charge is -2.39. The Morgan fingerprint density at radius 3 is 2.37 bits per heavy atom. The summed E-state index contributed by atoms with van der Waals surface area (Å²) in [6, 6.07) is 4.62. The summed E-state index contributed by atoms with van der Waals surface area (Å²) in [4.78, 5) is 5.61. The van der Waals surface area contributed by atoms with Crippen LogP contribution in [0, 0.1) is 0 Å². The van der Waals surface area contributed by atoms with Crippen molar-refractivity contribution >= 4 is 11.3 Å². The van der Waals surface area contributed by atoms with E-state index in [4.69, 9.17) is 0 Å². The van der Waals surface area contributed by atoms with E-state index in [1.54, 1.807) is 0 Å². The van der Waals surface area contributed by atoms with Gasteiger partial charge in [-0.3, -0.25) is 4.90 Å². The Kier molecular flexibility index (Phi) is 4.38. The molecule has 0 spiro atoms. The first-order chi connectivity index (χ1) is 8.82. The molecule has 1 N–H and O–H groups in total. The van der Waals surface area contributed by atoms with Gasteiger partial charge in [0.25, 0.3) is 0 Å². The van der Waals surface area contributed by atoms with Gasteiger partial charge in [0.15, 0.2) is 0 Å². The zero-order valence-electron chi connectivity index (χ0n) is 13.0. The van der Waals surface area contributed by atoms with Crippen molar-refractivity contribution in [3.05, 3.63) is 21.9 Å². The minimum absolute atomic E-state index is 0.287. The molecule has 0 aliphatic carbocycles. The predicted molar refractivity (Wildman–Crippen MR) is 85.0 cm³/mol. The molecule has 1 fully saturated rings. The van der Waals surface area contributed by atoms with E-state index in [2.05, 4.69) is 57.1 Å². The van der Waals surface area contributed by atoms with Gasteiger partial charge in [0.1, 0.15) is 0 Å². The van der Waals surface area contributed by atoms with Crippen molar-refractivity contribution in [1.82, 2.24) is 10.2 Å². The van der Waals surface area contributed by atoms with Gasteiger partial charge in [-0.05, 0) is 44.4 Å². The molecule has 1 saturated heterocycles. The molecular weight excluding hydrogens is 252 g/mol. The van der Waals surface area contributed by atoms with E-state index in [9.17, 15) is 0 Å². The van der Waals surface area contributed by atoms with Gasteiger partial charge >= 0.3 is 0 Å². The number of hydrogen-bond acceptors (Lipinski definition) is 3. The van der Waals surface area contributed by atoms with Gasteiger partial charge in [0.2, 0.25) is 0 Å². The number of hydrogen-bond donors (Lipinski definition) is 1. The van der Waals surface area contributed by atoms with Crippen LogP contribution in [-0.4, -0.2) is 30.6 Å². The van der Waals surface area contributed by atoms with Gasteiger partial charge in [0, 0.05) is 34.9 Å². The maximum absolute atomic E-state index is 3.46. The van der Waals surface area contributed by atoms with Crippen LogP contribution in [0.2, 0.25) is 0 Å². The fraction of sp³-hybridized carbons (Fsp3) is 0.750. The van der Waals surface area contributed by atoms with Crippen molar-refractivity contribution < 1.29 is 0 Å². The Morgan fingerprint density at radius 2 is 1.89 bits per heavy atom. The third-order valence-corrected chi connectivity index (χ3v) is 5.84. The molecule has 0 saturated carbocycles. The molecule has 0 amide bonds.